The first-order valence-corrected chi connectivity index (χ1v) is 10.8. The highest BCUT2D eigenvalue weighted by atomic mass is 32.2. The van der Waals surface area contributed by atoms with E-state index in [9.17, 15) is 8.42 Å². The van der Waals surface area contributed by atoms with Crippen LogP contribution in [0.25, 0.3) is 0 Å². The van der Waals surface area contributed by atoms with E-state index in [1.807, 2.05) is 0 Å². The number of hydrogen-bond donors (Lipinski definition) is 2. The molecule has 3 N–H and O–H groups in total. The maximum Gasteiger partial charge on any atom is 0.240 e. The Morgan fingerprint density at radius 1 is 1.26 bits per heavy atom. The smallest absolute Gasteiger partial charge is 0.240 e. The van der Waals surface area contributed by atoms with Gasteiger partial charge in [-0.2, -0.15) is 5.10 Å². The summed E-state index contributed by atoms with van der Waals surface area (Å²) in [5.41, 5.74) is 5.85. The molecule has 0 saturated heterocycles. The van der Waals surface area contributed by atoms with Crippen molar-refractivity contribution in [3.05, 3.63) is 36.4 Å². The Morgan fingerprint density at radius 3 is 2.56 bits per heavy atom. The molecular weight excluding hydrogens is 366 g/mol. The van der Waals surface area contributed by atoms with Crippen molar-refractivity contribution in [1.82, 2.24) is 19.5 Å². The number of aromatic nitrogens is 3. The summed E-state index contributed by atoms with van der Waals surface area (Å²) < 4.78 is 35.5. The van der Waals surface area contributed by atoms with E-state index in [0.717, 1.165) is 25.7 Å². The molecule has 8 nitrogen and oxygen atoms in total. The summed E-state index contributed by atoms with van der Waals surface area (Å²) in [6.07, 6.45) is 7.01. The minimum atomic E-state index is -3.61. The van der Waals surface area contributed by atoms with Crippen molar-refractivity contribution in [2.45, 2.75) is 49.6 Å². The summed E-state index contributed by atoms with van der Waals surface area (Å²) in [4.78, 5) is 4.29. The molecule has 0 aliphatic heterocycles. The summed E-state index contributed by atoms with van der Waals surface area (Å²) in [6.45, 7) is 0.570. The van der Waals surface area contributed by atoms with Gasteiger partial charge in [-0.25, -0.2) is 18.1 Å². The zero-order valence-electron chi connectivity index (χ0n) is 15.5. The van der Waals surface area contributed by atoms with E-state index < -0.39 is 10.0 Å². The third kappa shape index (κ3) is 5.06. The quantitative estimate of drug-likeness (QED) is 0.704. The fraction of sp³-hybridized carbons (Fsp3) is 0.556. The Kier molecular flexibility index (Phi) is 6.46. The fourth-order valence-electron chi connectivity index (χ4n) is 3.45. The average Bonchev–Trinajstić information content (AvgIpc) is 3.10. The largest absolute Gasteiger partial charge is 0.486 e. The van der Waals surface area contributed by atoms with Gasteiger partial charge in [-0.3, -0.25) is 4.68 Å². The van der Waals surface area contributed by atoms with Crippen LogP contribution in [0, 0.1) is 5.92 Å². The maximum absolute atomic E-state index is 12.7. The Bertz CT molecular complexity index is 829. The van der Waals surface area contributed by atoms with Crippen molar-refractivity contribution in [2.24, 2.45) is 18.7 Å². The summed E-state index contributed by atoms with van der Waals surface area (Å²) in [5.74, 6) is 1.57. The lowest BCUT2D eigenvalue weighted by molar-refractivity contribution is 0.289. The summed E-state index contributed by atoms with van der Waals surface area (Å²) in [7, 11) is -1.83. The lowest BCUT2D eigenvalue weighted by Crippen LogP contribution is -2.45. The molecule has 1 aromatic heterocycles. The van der Waals surface area contributed by atoms with E-state index in [0.29, 0.717) is 24.0 Å². The van der Waals surface area contributed by atoms with Crippen LogP contribution in [0.4, 0.5) is 0 Å². The Hall–Kier alpha value is -1.97. The number of nitrogens with two attached hydrogens (primary N) is 1. The second-order valence-electron chi connectivity index (χ2n) is 6.92. The number of rotatable bonds is 8. The SMILES string of the molecule is Cn1ncnc1COc1ccc(S(=O)(=O)NC(CN)C2CCCCC2)cc1. The van der Waals surface area contributed by atoms with Crippen LogP contribution >= 0.6 is 0 Å². The van der Waals surface area contributed by atoms with Gasteiger partial charge in [-0.1, -0.05) is 19.3 Å². The third-order valence-electron chi connectivity index (χ3n) is 5.09. The standard InChI is InChI=1S/C18H27N5O3S/c1-23-18(20-13-21-23)12-26-15-7-9-16(10-8-15)27(24,25)22-17(11-19)14-5-3-2-4-6-14/h7-10,13-14,17,22H,2-6,11-12,19H2,1H3. The highest BCUT2D eigenvalue weighted by Gasteiger charge is 2.27. The van der Waals surface area contributed by atoms with Gasteiger partial charge >= 0.3 is 0 Å². The molecular formula is C18H27N5O3S. The molecule has 0 spiro atoms. The predicted molar refractivity (Wildman–Crippen MR) is 102 cm³/mol. The molecule has 2 aromatic rings. The molecule has 1 aliphatic carbocycles. The van der Waals surface area contributed by atoms with Crippen molar-refractivity contribution < 1.29 is 13.2 Å². The monoisotopic (exact) mass is 393 g/mol. The maximum atomic E-state index is 12.7. The van der Waals surface area contributed by atoms with Crippen molar-refractivity contribution in [3.8, 4) is 5.75 Å². The van der Waals surface area contributed by atoms with Gasteiger partial charge in [-0.15, -0.1) is 0 Å². The van der Waals surface area contributed by atoms with Gasteiger partial charge in [0.05, 0.1) is 4.90 Å². The number of sulfonamides is 1. The van der Waals surface area contributed by atoms with E-state index >= 15 is 0 Å². The van der Waals surface area contributed by atoms with Crippen molar-refractivity contribution in [3.63, 3.8) is 0 Å². The van der Waals surface area contributed by atoms with Crippen LogP contribution in [0.15, 0.2) is 35.5 Å². The van der Waals surface area contributed by atoms with Crippen LogP contribution in [0.2, 0.25) is 0 Å². The first-order valence-electron chi connectivity index (χ1n) is 9.28. The molecule has 27 heavy (non-hydrogen) atoms. The molecule has 1 saturated carbocycles. The summed E-state index contributed by atoms with van der Waals surface area (Å²) in [6, 6.07) is 6.15. The number of nitrogens with zero attached hydrogens (tertiary/aromatic N) is 3. The lowest BCUT2D eigenvalue weighted by Gasteiger charge is -2.29. The van der Waals surface area contributed by atoms with Crippen LogP contribution in [-0.2, 0) is 23.7 Å². The van der Waals surface area contributed by atoms with Crippen molar-refractivity contribution >= 4 is 10.0 Å². The summed E-state index contributed by atoms with van der Waals surface area (Å²) in [5, 5.41) is 3.98. The Morgan fingerprint density at radius 2 is 1.96 bits per heavy atom. The molecule has 1 aromatic carbocycles. The molecule has 0 amide bonds. The van der Waals surface area contributed by atoms with Gasteiger partial charge in [0, 0.05) is 19.6 Å². The molecule has 148 valence electrons. The van der Waals surface area contributed by atoms with E-state index in [-0.39, 0.29) is 17.5 Å². The minimum absolute atomic E-state index is 0.211. The number of aryl methyl sites for hydroxylation is 1. The highest BCUT2D eigenvalue weighted by Crippen LogP contribution is 2.27. The van der Waals surface area contributed by atoms with E-state index in [4.69, 9.17) is 10.5 Å². The van der Waals surface area contributed by atoms with E-state index in [1.165, 1.54) is 12.7 Å². The van der Waals surface area contributed by atoms with Crippen LogP contribution in [0.1, 0.15) is 37.9 Å². The zero-order chi connectivity index (χ0) is 19.3. The lowest BCUT2D eigenvalue weighted by atomic mass is 9.84. The average molecular weight is 394 g/mol. The molecule has 0 radical (unpaired) electrons. The van der Waals surface area contributed by atoms with E-state index in [2.05, 4.69) is 14.8 Å². The van der Waals surface area contributed by atoms with Crippen LogP contribution in [0.5, 0.6) is 5.75 Å². The van der Waals surface area contributed by atoms with Gasteiger partial charge in [-0.05, 0) is 43.0 Å². The highest BCUT2D eigenvalue weighted by molar-refractivity contribution is 7.89. The zero-order valence-corrected chi connectivity index (χ0v) is 16.4. The minimum Gasteiger partial charge on any atom is -0.486 e. The topological polar surface area (TPSA) is 112 Å². The van der Waals surface area contributed by atoms with E-state index in [1.54, 1.807) is 36.0 Å². The number of nitrogens with one attached hydrogen (secondary N) is 1. The second kappa shape index (κ2) is 8.81. The molecule has 9 heteroatoms. The van der Waals surface area contributed by atoms with Crippen LogP contribution in [-0.4, -0.2) is 35.8 Å². The predicted octanol–water partition coefficient (Wildman–Crippen LogP) is 1.58. The second-order valence-corrected chi connectivity index (χ2v) is 8.64. The van der Waals surface area contributed by atoms with Crippen molar-refractivity contribution in [2.75, 3.05) is 6.54 Å². The molecule has 3 rings (SSSR count). The van der Waals surface area contributed by atoms with Crippen molar-refractivity contribution in [1.29, 1.82) is 0 Å². The first kappa shape index (κ1) is 19.8. The molecule has 1 atom stereocenters. The third-order valence-corrected chi connectivity index (χ3v) is 6.59. The molecule has 0 bridgehead atoms. The molecule has 1 aliphatic rings. The number of benzene rings is 1. The van der Waals surface area contributed by atoms with Gasteiger partial charge in [0.15, 0.2) is 5.82 Å². The normalized spacial score (nSPS) is 17.0. The van der Waals surface area contributed by atoms with Gasteiger partial charge in [0.25, 0.3) is 0 Å². The van der Waals surface area contributed by atoms with Crippen LogP contribution < -0.4 is 15.2 Å². The molecule has 1 heterocycles. The Balaban J connectivity index is 1.62. The molecule has 1 unspecified atom stereocenters. The fourth-order valence-corrected chi connectivity index (χ4v) is 4.77. The summed E-state index contributed by atoms with van der Waals surface area (Å²) >= 11 is 0. The Labute approximate surface area is 160 Å². The molecule has 1 fully saturated rings. The van der Waals surface area contributed by atoms with Gasteiger partial charge in [0.1, 0.15) is 18.7 Å². The van der Waals surface area contributed by atoms with Gasteiger partial charge in [0.2, 0.25) is 10.0 Å². The van der Waals surface area contributed by atoms with Crippen LogP contribution in [0.3, 0.4) is 0 Å². The first-order chi connectivity index (χ1) is 13.0. The number of ether oxygens (including phenoxy) is 1. The number of hydrogen-bond acceptors (Lipinski definition) is 6. The van der Waals surface area contributed by atoms with Gasteiger partial charge < -0.3 is 10.5 Å².